The molecule has 2 N–H and O–H groups in total. The van der Waals surface area contributed by atoms with Crippen LogP contribution in [-0.2, 0) is 4.79 Å². The van der Waals surface area contributed by atoms with Crippen molar-refractivity contribution in [1.29, 1.82) is 0 Å². The summed E-state index contributed by atoms with van der Waals surface area (Å²) >= 11 is 0. The number of hydrogen-bond donors (Lipinski definition) is 1. The van der Waals surface area contributed by atoms with Gasteiger partial charge in [-0.25, -0.2) is 4.39 Å². The van der Waals surface area contributed by atoms with Crippen molar-refractivity contribution in [2.24, 2.45) is 0 Å². The Hall–Kier alpha value is -2.56. The van der Waals surface area contributed by atoms with Gasteiger partial charge in [-0.15, -0.1) is 0 Å². The Bertz CT molecular complexity index is 742. The third-order valence-corrected chi connectivity index (χ3v) is 4.80. The average Bonchev–Trinajstić information content (AvgIpc) is 2.60. The van der Waals surface area contributed by atoms with Crippen molar-refractivity contribution in [3.8, 4) is 5.75 Å². The number of nitrogens with zero attached hydrogens (tertiary/aromatic N) is 1. The molecular weight excluding hydrogens is 307 g/mol. The smallest absolute Gasteiger partial charge is 0.146 e. The number of hydrogen-bond acceptors (Lipinski definition) is 4. The highest BCUT2D eigenvalue weighted by molar-refractivity contribution is 5.82. The number of fused-ring (bicyclic) bond motifs is 1. The van der Waals surface area contributed by atoms with Crippen molar-refractivity contribution < 1.29 is 13.9 Å². The highest BCUT2D eigenvalue weighted by Crippen LogP contribution is 2.47. The normalized spacial score (nSPS) is 18.6. The average molecular weight is 328 g/mol. The fourth-order valence-corrected chi connectivity index (χ4v) is 3.37. The molecule has 4 nitrogen and oxygen atoms in total. The minimum atomic E-state index is -0.656. The largest absolute Gasteiger partial charge is 0.482 e. The van der Waals surface area contributed by atoms with Gasteiger partial charge in [0.15, 0.2) is 0 Å². The summed E-state index contributed by atoms with van der Waals surface area (Å²) in [4.78, 5) is 13.9. The van der Waals surface area contributed by atoms with Crippen LogP contribution in [0.25, 0.3) is 0 Å². The zero-order chi connectivity index (χ0) is 17.3. The number of nitrogen functional groups attached to an aromatic ring is 1. The van der Waals surface area contributed by atoms with E-state index in [0.29, 0.717) is 24.3 Å². The first-order chi connectivity index (χ1) is 11.5. The van der Waals surface area contributed by atoms with Gasteiger partial charge >= 0.3 is 0 Å². The minimum absolute atomic E-state index is 0.315. The second-order valence-electron chi connectivity index (χ2n) is 6.03. The minimum Gasteiger partial charge on any atom is -0.482 e. The van der Waals surface area contributed by atoms with Crippen molar-refractivity contribution in [1.82, 2.24) is 0 Å². The molecule has 0 spiro atoms. The molecular formula is C19H21FN2O2. The van der Waals surface area contributed by atoms with Crippen molar-refractivity contribution in [3.63, 3.8) is 0 Å². The maximum absolute atomic E-state index is 13.3. The van der Waals surface area contributed by atoms with E-state index in [9.17, 15) is 9.18 Å². The van der Waals surface area contributed by atoms with E-state index in [1.165, 1.54) is 12.1 Å². The van der Waals surface area contributed by atoms with Gasteiger partial charge in [0, 0.05) is 17.4 Å². The van der Waals surface area contributed by atoms with Gasteiger partial charge in [0.25, 0.3) is 0 Å². The summed E-state index contributed by atoms with van der Waals surface area (Å²) in [5.74, 6) is 0.325. The van der Waals surface area contributed by atoms with Gasteiger partial charge in [0.1, 0.15) is 29.5 Å². The molecule has 3 rings (SSSR count). The lowest BCUT2D eigenvalue weighted by atomic mass is 9.85. The first-order valence-corrected chi connectivity index (χ1v) is 8.13. The number of rotatable bonds is 4. The second-order valence-corrected chi connectivity index (χ2v) is 6.03. The Morgan fingerprint density at radius 1 is 1.21 bits per heavy atom. The number of halogens is 1. The van der Waals surface area contributed by atoms with Gasteiger partial charge in [-0.2, -0.15) is 0 Å². The summed E-state index contributed by atoms with van der Waals surface area (Å²) in [5, 5.41) is 0. The second kappa shape index (κ2) is 6.15. The molecule has 0 amide bonds. The molecule has 1 heterocycles. The predicted octanol–water partition coefficient (Wildman–Crippen LogP) is 4.06. The molecule has 1 unspecified atom stereocenters. The van der Waals surface area contributed by atoms with Crippen molar-refractivity contribution >= 4 is 23.3 Å². The van der Waals surface area contributed by atoms with Crippen LogP contribution >= 0.6 is 0 Å². The molecule has 5 heteroatoms. The quantitative estimate of drug-likeness (QED) is 0.679. The summed E-state index contributed by atoms with van der Waals surface area (Å²) < 4.78 is 19.6. The molecule has 0 radical (unpaired) electrons. The van der Waals surface area contributed by atoms with Gasteiger partial charge in [-0.1, -0.05) is 13.8 Å². The summed E-state index contributed by atoms with van der Waals surface area (Å²) in [6.45, 7) is 4.00. The molecule has 1 aliphatic rings. The van der Waals surface area contributed by atoms with Crippen LogP contribution in [0.5, 0.6) is 5.75 Å². The van der Waals surface area contributed by atoms with Crippen LogP contribution in [0, 0.1) is 5.82 Å². The Kier molecular flexibility index (Phi) is 4.18. The Morgan fingerprint density at radius 3 is 2.46 bits per heavy atom. The van der Waals surface area contributed by atoms with E-state index < -0.39 is 11.6 Å². The molecule has 0 saturated heterocycles. The number of aldehydes is 1. The van der Waals surface area contributed by atoms with E-state index in [1.807, 2.05) is 24.8 Å². The Balaban J connectivity index is 2.22. The van der Waals surface area contributed by atoms with Crippen LogP contribution in [-0.4, -0.2) is 17.9 Å². The molecule has 24 heavy (non-hydrogen) atoms. The number of carbonyl (C=O) groups is 1. The molecule has 1 atom stereocenters. The zero-order valence-corrected chi connectivity index (χ0v) is 13.8. The van der Waals surface area contributed by atoms with Crippen LogP contribution in [0.2, 0.25) is 0 Å². The van der Waals surface area contributed by atoms with Crippen LogP contribution < -0.4 is 15.4 Å². The summed E-state index contributed by atoms with van der Waals surface area (Å²) in [6, 6.07) is 11.0. The molecule has 2 aromatic rings. The first kappa shape index (κ1) is 16.3. The number of ether oxygens (including phenoxy) is 1. The van der Waals surface area contributed by atoms with Gasteiger partial charge in [0.2, 0.25) is 0 Å². The molecule has 0 aromatic heterocycles. The number of anilines is 3. The third kappa shape index (κ3) is 2.50. The Morgan fingerprint density at radius 2 is 1.88 bits per heavy atom. The van der Waals surface area contributed by atoms with E-state index in [2.05, 4.69) is 0 Å². The topological polar surface area (TPSA) is 55.6 Å². The molecule has 0 saturated carbocycles. The van der Waals surface area contributed by atoms with Crippen LogP contribution in [0.1, 0.15) is 26.7 Å². The predicted molar refractivity (Wildman–Crippen MR) is 93.2 cm³/mol. The van der Waals surface area contributed by atoms with Crippen LogP contribution in [0.15, 0.2) is 42.5 Å². The lowest BCUT2D eigenvalue weighted by molar-refractivity contribution is -0.114. The van der Waals surface area contributed by atoms with E-state index in [-0.39, 0.29) is 5.82 Å². The highest BCUT2D eigenvalue weighted by atomic mass is 19.1. The third-order valence-electron chi connectivity index (χ3n) is 4.80. The molecule has 2 aromatic carbocycles. The number of nitrogens with two attached hydrogens (primary N) is 1. The maximum atomic E-state index is 13.3. The Labute approximate surface area is 141 Å². The summed E-state index contributed by atoms with van der Waals surface area (Å²) in [6.07, 6.45) is 2.24. The first-order valence-electron chi connectivity index (χ1n) is 8.13. The van der Waals surface area contributed by atoms with Crippen molar-refractivity contribution in [2.45, 2.75) is 38.3 Å². The molecule has 0 bridgehead atoms. The number of carbonyl (C=O) groups excluding carboxylic acids is 1. The maximum Gasteiger partial charge on any atom is 0.146 e. The van der Waals surface area contributed by atoms with Gasteiger partial charge in [-0.3, -0.25) is 0 Å². The fourth-order valence-electron chi connectivity index (χ4n) is 3.37. The van der Waals surface area contributed by atoms with Gasteiger partial charge in [0.05, 0.1) is 5.69 Å². The zero-order valence-electron chi connectivity index (χ0n) is 13.8. The molecule has 0 aliphatic carbocycles. The molecule has 0 fully saturated rings. The SMILES string of the molecule is CCC1(CC)Oc2cc(N)ccc2N(c2ccc(F)cc2)C1C=O. The van der Waals surface area contributed by atoms with Crippen molar-refractivity contribution in [3.05, 3.63) is 48.3 Å². The number of benzene rings is 2. The fraction of sp³-hybridized carbons (Fsp3) is 0.316. The van der Waals surface area contributed by atoms with E-state index in [4.69, 9.17) is 10.5 Å². The molecule has 126 valence electrons. The highest BCUT2D eigenvalue weighted by Gasteiger charge is 2.47. The van der Waals surface area contributed by atoms with Gasteiger partial charge < -0.3 is 20.2 Å². The van der Waals surface area contributed by atoms with E-state index in [1.54, 1.807) is 24.3 Å². The monoisotopic (exact) mass is 328 g/mol. The molecule has 1 aliphatic heterocycles. The summed E-state index contributed by atoms with van der Waals surface area (Å²) in [7, 11) is 0. The van der Waals surface area contributed by atoms with E-state index in [0.717, 1.165) is 17.7 Å². The summed E-state index contributed by atoms with van der Waals surface area (Å²) in [5.41, 5.74) is 7.35. The lowest BCUT2D eigenvalue weighted by Gasteiger charge is -2.48. The van der Waals surface area contributed by atoms with Crippen LogP contribution in [0.4, 0.5) is 21.5 Å². The standard InChI is InChI=1S/C19H21FN2O2/c1-3-19(4-2)18(12-23)22(15-8-5-13(20)6-9-15)16-10-7-14(21)11-17(16)24-19/h5-12,18H,3-4,21H2,1-2H3. The van der Waals surface area contributed by atoms with Crippen LogP contribution in [0.3, 0.4) is 0 Å². The lowest BCUT2D eigenvalue weighted by Crippen LogP contribution is -2.58. The van der Waals surface area contributed by atoms with Gasteiger partial charge in [-0.05, 0) is 49.2 Å². The van der Waals surface area contributed by atoms with E-state index >= 15 is 0 Å². The van der Waals surface area contributed by atoms with Crippen molar-refractivity contribution in [2.75, 3.05) is 10.6 Å².